The molecule has 32 heavy (non-hydrogen) atoms. The zero-order chi connectivity index (χ0) is 22.6. The molecule has 1 spiro atoms. The molecule has 0 aromatic heterocycles. The van der Waals surface area contributed by atoms with E-state index in [9.17, 15) is 9.90 Å². The SMILES string of the molecule is Cc1ccc2c(c1)Oc1cc(O)ccc1C21OC(=O)c2cc(NC(=S)NC(C)C)ccc21. The third-order valence-corrected chi connectivity index (χ3v) is 5.84. The summed E-state index contributed by atoms with van der Waals surface area (Å²) >= 11 is 5.34. The molecule has 3 aromatic rings. The maximum absolute atomic E-state index is 13.1. The Hall–Kier alpha value is -3.58. The summed E-state index contributed by atoms with van der Waals surface area (Å²) in [5.74, 6) is 0.686. The maximum Gasteiger partial charge on any atom is 0.340 e. The van der Waals surface area contributed by atoms with Gasteiger partial charge in [-0.25, -0.2) is 4.79 Å². The van der Waals surface area contributed by atoms with E-state index in [4.69, 9.17) is 21.7 Å². The first-order valence-corrected chi connectivity index (χ1v) is 10.8. The lowest BCUT2D eigenvalue weighted by Crippen LogP contribution is -2.34. The minimum absolute atomic E-state index is 0.0743. The number of ether oxygens (including phenoxy) is 2. The van der Waals surface area contributed by atoms with Gasteiger partial charge >= 0.3 is 5.97 Å². The van der Waals surface area contributed by atoms with Crippen molar-refractivity contribution in [2.45, 2.75) is 32.4 Å². The molecule has 0 saturated carbocycles. The Bertz CT molecular complexity index is 1230. The highest BCUT2D eigenvalue weighted by Gasteiger charge is 2.53. The number of carbonyl (C=O) groups excluding carboxylic acids is 1. The minimum Gasteiger partial charge on any atom is -0.508 e. The summed E-state index contributed by atoms with van der Waals surface area (Å²) in [6, 6.07) is 16.3. The zero-order valence-electron chi connectivity index (χ0n) is 17.9. The van der Waals surface area contributed by atoms with Crippen molar-refractivity contribution in [1.82, 2.24) is 5.32 Å². The molecule has 7 heteroatoms. The predicted molar refractivity (Wildman–Crippen MR) is 126 cm³/mol. The number of fused-ring (bicyclic) bond motifs is 6. The maximum atomic E-state index is 13.1. The third kappa shape index (κ3) is 3.08. The molecule has 0 fully saturated rings. The normalized spacial score (nSPS) is 17.8. The number of phenolic OH excluding ortho intramolecular Hbond substituents is 1. The summed E-state index contributed by atoms with van der Waals surface area (Å²) in [5, 5.41) is 16.8. The van der Waals surface area contributed by atoms with Crippen molar-refractivity contribution in [2.24, 2.45) is 0 Å². The van der Waals surface area contributed by atoms with Crippen molar-refractivity contribution >= 4 is 29.0 Å². The Balaban J connectivity index is 1.68. The van der Waals surface area contributed by atoms with Gasteiger partial charge in [0.25, 0.3) is 0 Å². The lowest BCUT2D eigenvalue weighted by molar-refractivity contribution is 0.0224. The van der Waals surface area contributed by atoms with Crippen molar-refractivity contribution in [1.29, 1.82) is 0 Å². The third-order valence-electron chi connectivity index (χ3n) is 5.62. The Kier molecular flexibility index (Phi) is 4.60. The number of esters is 1. The summed E-state index contributed by atoms with van der Waals surface area (Å²) < 4.78 is 12.2. The number of benzene rings is 3. The molecule has 2 heterocycles. The van der Waals surface area contributed by atoms with Crippen LogP contribution in [0.5, 0.6) is 17.2 Å². The Morgan fingerprint density at radius 3 is 2.44 bits per heavy atom. The van der Waals surface area contributed by atoms with Crippen LogP contribution in [-0.2, 0) is 10.3 Å². The van der Waals surface area contributed by atoms with Crippen LogP contribution < -0.4 is 15.4 Å². The highest BCUT2D eigenvalue weighted by Crippen LogP contribution is 2.56. The highest BCUT2D eigenvalue weighted by atomic mass is 32.1. The first kappa shape index (κ1) is 20.3. The molecule has 1 unspecified atom stereocenters. The molecular weight excluding hydrogens is 424 g/mol. The smallest absolute Gasteiger partial charge is 0.340 e. The number of carbonyl (C=O) groups is 1. The highest BCUT2D eigenvalue weighted by molar-refractivity contribution is 7.80. The number of hydrogen-bond acceptors (Lipinski definition) is 5. The number of rotatable bonds is 2. The molecule has 3 aromatic carbocycles. The predicted octanol–water partition coefficient (Wildman–Crippen LogP) is 4.96. The van der Waals surface area contributed by atoms with Crippen molar-refractivity contribution in [3.63, 3.8) is 0 Å². The fraction of sp³-hybridized carbons (Fsp3) is 0.200. The second kappa shape index (κ2) is 7.24. The van der Waals surface area contributed by atoms with E-state index in [1.165, 1.54) is 0 Å². The molecule has 0 amide bonds. The first-order valence-electron chi connectivity index (χ1n) is 10.4. The second-order valence-corrected chi connectivity index (χ2v) is 8.77. The van der Waals surface area contributed by atoms with Crippen LogP contribution in [0.4, 0.5) is 5.69 Å². The number of nitrogens with one attached hydrogen (secondary N) is 2. The molecule has 5 rings (SSSR count). The quantitative estimate of drug-likeness (QED) is 0.379. The Morgan fingerprint density at radius 2 is 1.69 bits per heavy atom. The first-order chi connectivity index (χ1) is 15.3. The van der Waals surface area contributed by atoms with E-state index in [0.29, 0.717) is 33.4 Å². The summed E-state index contributed by atoms with van der Waals surface area (Å²) in [4.78, 5) is 13.1. The van der Waals surface area contributed by atoms with E-state index >= 15 is 0 Å². The summed E-state index contributed by atoms with van der Waals surface area (Å²) in [5.41, 5.74) is 3.12. The summed E-state index contributed by atoms with van der Waals surface area (Å²) in [6.07, 6.45) is 0. The van der Waals surface area contributed by atoms with Gasteiger partial charge in [-0.05, 0) is 68.9 Å². The number of aromatic hydroxyl groups is 1. The average Bonchev–Trinajstić information content (AvgIpc) is 2.99. The molecule has 2 aliphatic rings. The largest absolute Gasteiger partial charge is 0.508 e. The average molecular weight is 447 g/mol. The van der Waals surface area contributed by atoms with Crippen LogP contribution >= 0.6 is 12.2 Å². The van der Waals surface area contributed by atoms with Crippen molar-refractivity contribution in [2.75, 3.05) is 5.32 Å². The molecule has 0 bridgehead atoms. The Labute approximate surface area is 191 Å². The van der Waals surface area contributed by atoms with Crippen LogP contribution in [0.3, 0.4) is 0 Å². The van der Waals surface area contributed by atoms with Crippen molar-refractivity contribution < 1.29 is 19.4 Å². The molecule has 0 radical (unpaired) electrons. The number of anilines is 1. The lowest BCUT2D eigenvalue weighted by Gasteiger charge is -2.36. The summed E-state index contributed by atoms with van der Waals surface area (Å²) in [6.45, 7) is 5.96. The zero-order valence-corrected chi connectivity index (χ0v) is 18.7. The molecule has 1 atom stereocenters. The second-order valence-electron chi connectivity index (χ2n) is 8.37. The number of aryl methyl sites for hydroxylation is 1. The van der Waals surface area contributed by atoms with E-state index < -0.39 is 11.6 Å². The molecule has 162 valence electrons. The molecule has 6 nitrogen and oxygen atoms in total. The molecule has 3 N–H and O–H groups in total. The topological polar surface area (TPSA) is 79.8 Å². The van der Waals surface area contributed by atoms with Gasteiger partial charge in [0.15, 0.2) is 10.7 Å². The van der Waals surface area contributed by atoms with Gasteiger partial charge in [0, 0.05) is 34.5 Å². The van der Waals surface area contributed by atoms with Crippen LogP contribution in [0.1, 0.15) is 46.5 Å². The fourth-order valence-electron chi connectivity index (χ4n) is 4.33. The van der Waals surface area contributed by atoms with E-state index in [1.54, 1.807) is 24.3 Å². The summed E-state index contributed by atoms with van der Waals surface area (Å²) in [7, 11) is 0. The standard InChI is InChI=1S/C25H22N2O4S/c1-13(2)26-24(32)27-15-5-8-18-17(11-15)23(29)31-25(18)19-7-4-14(3)10-21(19)30-22-12-16(28)6-9-20(22)25/h4-13,28H,1-3H3,(H2,26,27,32). The van der Waals surface area contributed by atoms with Gasteiger partial charge in [-0.2, -0.15) is 0 Å². The van der Waals surface area contributed by atoms with Crippen LogP contribution in [0.25, 0.3) is 0 Å². The van der Waals surface area contributed by atoms with Gasteiger partial charge in [-0.15, -0.1) is 0 Å². The monoisotopic (exact) mass is 446 g/mol. The van der Waals surface area contributed by atoms with Crippen molar-refractivity contribution in [3.8, 4) is 17.2 Å². The molecule has 0 saturated heterocycles. The van der Waals surface area contributed by atoms with E-state index in [-0.39, 0.29) is 11.8 Å². The van der Waals surface area contributed by atoms with Crippen LogP contribution in [0, 0.1) is 6.92 Å². The van der Waals surface area contributed by atoms with Gasteiger partial charge in [0.2, 0.25) is 0 Å². The van der Waals surface area contributed by atoms with Gasteiger partial charge in [-0.1, -0.05) is 18.2 Å². The van der Waals surface area contributed by atoms with Crippen LogP contribution in [0.2, 0.25) is 0 Å². The fourth-order valence-corrected chi connectivity index (χ4v) is 4.68. The Morgan fingerprint density at radius 1 is 1.00 bits per heavy atom. The molecule has 2 aliphatic heterocycles. The van der Waals surface area contributed by atoms with Gasteiger partial charge < -0.3 is 25.2 Å². The lowest BCUT2D eigenvalue weighted by atomic mass is 9.77. The number of phenols is 1. The van der Waals surface area contributed by atoms with E-state index in [1.807, 2.05) is 51.1 Å². The number of hydrogen-bond donors (Lipinski definition) is 3. The van der Waals surface area contributed by atoms with Gasteiger partial charge in [-0.3, -0.25) is 0 Å². The molecule has 0 aliphatic carbocycles. The molecular formula is C25H22N2O4S. The van der Waals surface area contributed by atoms with E-state index in [2.05, 4.69) is 10.6 Å². The van der Waals surface area contributed by atoms with Crippen molar-refractivity contribution in [3.05, 3.63) is 82.4 Å². The number of thiocarbonyl (C=S) groups is 1. The van der Waals surface area contributed by atoms with E-state index in [0.717, 1.165) is 16.7 Å². The van der Waals surface area contributed by atoms with Crippen LogP contribution in [0.15, 0.2) is 54.6 Å². The van der Waals surface area contributed by atoms with Gasteiger partial charge in [0.05, 0.1) is 5.56 Å². The van der Waals surface area contributed by atoms with Crippen LogP contribution in [-0.4, -0.2) is 22.2 Å². The van der Waals surface area contributed by atoms with Gasteiger partial charge in [0.1, 0.15) is 17.2 Å². The minimum atomic E-state index is -1.16.